The van der Waals surface area contributed by atoms with Gasteiger partial charge < -0.3 is 5.32 Å². The molecular weight excluding hydrogens is 262 g/mol. The third-order valence-corrected chi connectivity index (χ3v) is 2.56. The van der Waals surface area contributed by atoms with Gasteiger partial charge in [-0.3, -0.25) is 0 Å². The molecule has 2 aromatic rings. The molecule has 0 saturated heterocycles. The standard InChI is InChI=1S/C12H11F4N3/c1-17-6-8-7-18-19(11(8)12(14,15)16)10-5-3-2-4-9(10)13/h2-5,7,17H,6H2,1H3. The van der Waals surface area contributed by atoms with Gasteiger partial charge in [-0.1, -0.05) is 12.1 Å². The van der Waals surface area contributed by atoms with E-state index in [-0.39, 0.29) is 17.8 Å². The van der Waals surface area contributed by atoms with E-state index in [1.807, 2.05) is 0 Å². The lowest BCUT2D eigenvalue weighted by Crippen LogP contribution is -2.18. The molecule has 0 amide bonds. The van der Waals surface area contributed by atoms with Gasteiger partial charge in [-0.25, -0.2) is 9.07 Å². The Kier molecular flexibility index (Phi) is 3.57. The number of aromatic nitrogens is 2. The number of halogens is 4. The molecule has 0 spiro atoms. The largest absolute Gasteiger partial charge is 0.433 e. The highest BCUT2D eigenvalue weighted by atomic mass is 19.4. The van der Waals surface area contributed by atoms with Gasteiger partial charge in [0.05, 0.1) is 6.20 Å². The van der Waals surface area contributed by atoms with E-state index in [4.69, 9.17) is 0 Å². The van der Waals surface area contributed by atoms with Gasteiger partial charge in [0.25, 0.3) is 0 Å². The Morgan fingerprint density at radius 3 is 2.53 bits per heavy atom. The minimum Gasteiger partial charge on any atom is -0.316 e. The fourth-order valence-electron chi connectivity index (χ4n) is 1.81. The molecule has 0 radical (unpaired) electrons. The van der Waals surface area contributed by atoms with Gasteiger partial charge in [-0.05, 0) is 19.2 Å². The Labute approximate surface area is 106 Å². The van der Waals surface area contributed by atoms with E-state index in [0.29, 0.717) is 4.68 Å². The van der Waals surface area contributed by atoms with Crippen molar-refractivity contribution in [2.24, 2.45) is 0 Å². The molecule has 1 aromatic carbocycles. The van der Waals surface area contributed by atoms with Crippen LogP contribution in [0.2, 0.25) is 0 Å². The fraction of sp³-hybridized carbons (Fsp3) is 0.250. The highest BCUT2D eigenvalue weighted by Crippen LogP contribution is 2.33. The Morgan fingerprint density at radius 1 is 1.26 bits per heavy atom. The van der Waals surface area contributed by atoms with E-state index in [2.05, 4.69) is 10.4 Å². The molecule has 0 fully saturated rings. The average Bonchev–Trinajstić information content (AvgIpc) is 2.73. The number of hydrogen-bond acceptors (Lipinski definition) is 2. The molecule has 7 heteroatoms. The van der Waals surface area contributed by atoms with Crippen LogP contribution in [0.25, 0.3) is 5.69 Å². The summed E-state index contributed by atoms with van der Waals surface area (Å²) in [7, 11) is 1.53. The SMILES string of the molecule is CNCc1cnn(-c2ccccc2F)c1C(F)(F)F. The van der Waals surface area contributed by atoms with Crippen LogP contribution >= 0.6 is 0 Å². The van der Waals surface area contributed by atoms with Crippen LogP contribution in [0.3, 0.4) is 0 Å². The molecule has 1 aromatic heterocycles. The van der Waals surface area contributed by atoms with Crippen LogP contribution in [-0.2, 0) is 12.7 Å². The van der Waals surface area contributed by atoms with E-state index < -0.39 is 17.7 Å². The lowest BCUT2D eigenvalue weighted by Gasteiger charge is -2.13. The maximum atomic E-state index is 13.6. The molecule has 3 nitrogen and oxygen atoms in total. The van der Waals surface area contributed by atoms with Gasteiger partial charge >= 0.3 is 6.18 Å². The van der Waals surface area contributed by atoms with Crippen molar-refractivity contribution in [2.75, 3.05) is 7.05 Å². The summed E-state index contributed by atoms with van der Waals surface area (Å²) in [4.78, 5) is 0. The zero-order chi connectivity index (χ0) is 14.0. The summed E-state index contributed by atoms with van der Waals surface area (Å²) >= 11 is 0. The third kappa shape index (κ3) is 2.60. The lowest BCUT2D eigenvalue weighted by molar-refractivity contribution is -0.143. The Morgan fingerprint density at radius 2 is 1.95 bits per heavy atom. The Bertz CT molecular complexity index is 575. The summed E-state index contributed by atoms with van der Waals surface area (Å²) < 4.78 is 53.4. The molecule has 19 heavy (non-hydrogen) atoms. The number of para-hydroxylation sites is 1. The molecule has 0 aliphatic carbocycles. The molecule has 0 aliphatic heterocycles. The second-order valence-electron chi connectivity index (χ2n) is 3.91. The topological polar surface area (TPSA) is 29.9 Å². The first-order valence-corrected chi connectivity index (χ1v) is 5.48. The van der Waals surface area contributed by atoms with Gasteiger partial charge in [-0.15, -0.1) is 0 Å². The van der Waals surface area contributed by atoms with Crippen LogP contribution < -0.4 is 5.32 Å². The summed E-state index contributed by atoms with van der Waals surface area (Å²) in [6.07, 6.45) is -3.52. The molecule has 0 unspecified atom stereocenters. The number of nitrogens with zero attached hydrogens (tertiary/aromatic N) is 2. The van der Waals surface area contributed by atoms with Crippen molar-refractivity contribution < 1.29 is 17.6 Å². The molecule has 0 saturated carbocycles. The zero-order valence-electron chi connectivity index (χ0n) is 10.0. The monoisotopic (exact) mass is 273 g/mol. The number of benzene rings is 1. The third-order valence-electron chi connectivity index (χ3n) is 2.56. The summed E-state index contributed by atoms with van der Waals surface area (Å²) in [6.45, 7) is 0.00327. The molecule has 0 atom stereocenters. The minimum absolute atomic E-state index is 0.00327. The van der Waals surface area contributed by atoms with E-state index in [0.717, 1.165) is 12.3 Å². The maximum Gasteiger partial charge on any atom is 0.433 e. The fourth-order valence-corrected chi connectivity index (χ4v) is 1.81. The van der Waals surface area contributed by atoms with Crippen LogP contribution in [0.5, 0.6) is 0 Å². The van der Waals surface area contributed by atoms with Crippen LogP contribution in [0.4, 0.5) is 17.6 Å². The predicted octanol–water partition coefficient (Wildman–Crippen LogP) is 2.75. The van der Waals surface area contributed by atoms with Crippen molar-refractivity contribution in [2.45, 2.75) is 12.7 Å². The Hall–Kier alpha value is -1.89. The maximum absolute atomic E-state index is 13.6. The zero-order valence-corrected chi connectivity index (χ0v) is 10.0. The van der Waals surface area contributed by atoms with Gasteiger partial charge in [-0.2, -0.15) is 18.3 Å². The highest BCUT2D eigenvalue weighted by molar-refractivity contribution is 5.37. The molecule has 2 rings (SSSR count). The Balaban J connectivity index is 2.62. The van der Waals surface area contributed by atoms with Gasteiger partial charge in [0.15, 0.2) is 5.69 Å². The summed E-state index contributed by atoms with van der Waals surface area (Å²) in [5, 5.41) is 6.28. The van der Waals surface area contributed by atoms with E-state index >= 15 is 0 Å². The molecule has 0 aliphatic rings. The number of hydrogen-bond donors (Lipinski definition) is 1. The normalized spacial score (nSPS) is 11.8. The summed E-state index contributed by atoms with van der Waals surface area (Å²) in [5.41, 5.74) is -1.22. The highest BCUT2D eigenvalue weighted by Gasteiger charge is 2.38. The smallest absolute Gasteiger partial charge is 0.316 e. The van der Waals surface area contributed by atoms with Crippen LogP contribution in [0, 0.1) is 5.82 Å². The predicted molar refractivity (Wildman–Crippen MR) is 61.3 cm³/mol. The van der Waals surface area contributed by atoms with Gasteiger partial charge in [0.2, 0.25) is 0 Å². The van der Waals surface area contributed by atoms with Crippen LogP contribution in [0.15, 0.2) is 30.5 Å². The van der Waals surface area contributed by atoms with E-state index in [9.17, 15) is 17.6 Å². The van der Waals surface area contributed by atoms with Crippen molar-refractivity contribution in [3.05, 3.63) is 47.5 Å². The average molecular weight is 273 g/mol. The minimum atomic E-state index is -4.61. The first-order chi connectivity index (χ1) is 8.95. The lowest BCUT2D eigenvalue weighted by atomic mass is 10.2. The first-order valence-electron chi connectivity index (χ1n) is 5.48. The van der Waals surface area contributed by atoms with Gasteiger partial charge in [0, 0.05) is 12.1 Å². The number of alkyl halides is 3. The molecule has 1 heterocycles. The number of rotatable bonds is 3. The number of nitrogens with one attached hydrogen (secondary N) is 1. The second kappa shape index (κ2) is 5.00. The van der Waals surface area contributed by atoms with Crippen LogP contribution in [0.1, 0.15) is 11.3 Å². The van der Waals surface area contributed by atoms with E-state index in [1.165, 1.54) is 25.2 Å². The quantitative estimate of drug-likeness (QED) is 0.871. The van der Waals surface area contributed by atoms with Crippen molar-refractivity contribution in [1.29, 1.82) is 0 Å². The first kappa shape index (κ1) is 13.5. The molecular formula is C12H11F4N3. The van der Waals surface area contributed by atoms with E-state index in [1.54, 1.807) is 0 Å². The van der Waals surface area contributed by atoms with Crippen molar-refractivity contribution in [1.82, 2.24) is 15.1 Å². The molecule has 102 valence electrons. The molecule has 1 N–H and O–H groups in total. The summed E-state index contributed by atoms with van der Waals surface area (Å²) in [5.74, 6) is -0.757. The van der Waals surface area contributed by atoms with Crippen LogP contribution in [-0.4, -0.2) is 16.8 Å². The van der Waals surface area contributed by atoms with Gasteiger partial charge in [0.1, 0.15) is 11.5 Å². The second-order valence-corrected chi connectivity index (χ2v) is 3.91. The summed E-state index contributed by atoms with van der Waals surface area (Å²) in [6, 6.07) is 5.21. The van der Waals surface area contributed by atoms with Crippen molar-refractivity contribution in [3.8, 4) is 5.69 Å². The van der Waals surface area contributed by atoms with Crippen molar-refractivity contribution in [3.63, 3.8) is 0 Å². The molecule has 0 bridgehead atoms. The van der Waals surface area contributed by atoms with Crippen molar-refractivity contribution >= 4 is 0 Å².